The van der Waals surface area contributed by atoms with Crippen LogP contribution in [0.15, 0.2) is 22.7 Å². The molecule has 2 nitrogen and oxygen atoms in total. The van der Waals surface area contributed by atoms with Crippen LogP contribution in [-0.4, -0.2) is 20.1 Å². The quantitative estimate of drug-likeness (QED) is 0.762. The van der Waals surface area contributed by atoms with Crippen LogP contribution in [0.5, 0.6) is 0 Å². The predicted octanol–water partition coefficient (Wildman–Crippen LogP) is 5.14. The Kier molecular flexibility index (Phi) is 6.56. The van der Waals surface area contributed by atoms with Gasteiger partial charge in [-0.1, -0.05) is 48.2 Å². The van der Waals surface area contributed by atoms with Gasteiger partial charge in [-0.25, -0.2) is 0 Å². The third-order valence-corrected chi connectivity index (χ3v) is 5.13. The van der Waals surface area contributed by atoms with Gasteiger partial charge in [-0.05, 0) is 49.9 Å². The molecule has 3 heteroatoms. The van der Waals surface area contributed by atoms with Gasteiger partial charge in [0.25, 0.3) is 0 Å². The highest BCUT2D eigenvalue weighted by molar-refractivity contribution is 9.10. The van der Waals surface area contributed by atoms with E-state index in [1.807, 2.05) is 0 Å². The number of rotatable bonds is 6. The monoisotopic (exact) mass is 352 g/mol. The average Bonchev–Trinajstić information content (AvgIpc) is 2.48. The van der Waals surface area contributed by atoms with Gasteiger partial charge in [0.1, 0.15) is 0 Å². The first-order chi connectivity index (χ1) is 10.1. The number of benzene rings is 1. The van der Waals surface area contributed by atoms with E-state index in [0.29, 0.717) is 6.04 Å². The van der Waals surface area contributed by atoms with Crippen molar-refractivity contribution in [2.75, 3.05) is 25.0 Å². The Morgan fingerprint density at radius 1 is 1.29 bits per heavy atom. The Morgan fingerprint density at radius 3 is 2.67 bits per heavy atom. The third-order valence-electron chi connectivity index (χ3n) is 4.64. The highest BCUT2D eigenvalue weighted by Gasteiger charge is 2.18. The summed E-state index contributed by atoms with van der Waals surface area (Å²) in [5, 5.41) is 3.54. The Balaban J connectivity index is 2.13. The maximum Gasteiger partial charge on any atom is 0.0423 e. The molecule has 0 aliphatic heterocycles. The van der Waals surface area contributed by atoms with Crippen LogP contribution in [0.3, 0.4) is 0 Å². The van der Waals surface area contributed by atoms with Crippen molar-refractivity contribution in [3.05, 3.63) is 28.2 Å². The molecule has 21 heavy (non-hydrogen) atoms. The van der Waals surface area contributed by atoms with Crippen molar-refractivity contribution in [3.8, 4) is 0 Å². The SMILES string of the molecule is CCNC(C)c1ccc(Br)cc1N(C)CC1CCCCC1. The number of nitrogens with one attached hydrogen (secondary N) is 1. The van der Waals surface area contributed by atoms with Crippen molar-refractivity contribution in [1.29, 1.82) is 0 Å². The van der Waals surface area contributed by atoms with Gasteiger partial charge < -0.3 is 10.2 Å². The molecule has 0 spiro atoms. The van der Waals surface area contributed by atoms with Gasteiger partial charge in [-0.3, -0.25) is 0 Å². The molecule has 0 saturated heterocycles. The van der Waals surface area contributed by atoms with Crippen molar-refractivity contribution < 1.29 is 0 Å². The van der Waals surface area contributed by atoms with Gasteiger partial charge in [-0.2, -0.15) is 0 Å². The van der Waals surface area contributed by atoms with Crippen molar-refractivity contribution in [2.24, 2.45) is 5.92 Å². The average molecular weight is 353 g/mol. The molecule has 0 heterocycles. The highest BCUT2D eigenvalue weighted by atomic mass is 79.9. The second kappa shape index (κ2) is 8.19. The van der Waals surface area contributed by atoms with Gasteiger partial charge in [-0.15, -0.1) is 0 Å². The lowest BCUT2D eigenvalue weighted by Crippen LogP contribution is -2.29. The van der Waals surface area contributed by atoms with Crippen molar-refractivity contribution >= 4 is 21.6 Å². The smallest absolute Gasteiger partial charge is 0.0423 e. The molecule has 1 fully saturated rings. The van der Waals surface area contributed by atoms with E-state index in [2.05, 4.69) is 65.2 Å². The van der Waals surface area contributed by atoms with Crippen LogP contribution in [0.1, 0.15) is 57.6 Å². The molecule has 0 bridgehead atoms. The maximum atomic E-state index is 3.63. The minimum absolute atomic E-state index is 0.395. The van der Waals surface area contributed by atoms with Crippen LogP contribution in [0, 0.1) is 5.92 Å². The van der Waals surface area contributed by atoms with Crippen LogP contribution < -0.4 is 10.2 Å². The van der Waals surface area contributed by atoms with Gasteiger partial charge in [0.2, 0.25) is 0 Å². The summed E-state index contributed by atoms with van der Waals surface area (Å²) in [4.78, 5) is 2.46. The molecule has 1 atom stereocenters. The van der Waals surface area contributed by atoms with E-state index in [1.165, 1.54) is 54.4 Å². The largest absolute Gasteiger partial charge is 0.374 e. The predicted molar refractivity (Wildman–Crippen MR) is 96.1 cm³/mol. The Hall–Kier alpha value is -0.540. The van der Waals surface area contributed by atoms with E-state index < -0.39 is 0 Å². The first-order valence-corrected chi connectivity index (χ1v) is 9.15. The summed E-state index contributed by atoms with van der Waals surface area (Å²) in [5.41, 5.74) is 2.77. The van der Waals surface area contributed by atoms with Crippen LogP contribution in [0.2, 0.25) is 0 Å². The standard InChI is InChI=1S/C18H29BrN2/c1-4-20-14(2)17-11-10-16(19)12-18(17)21(3)13-15-8-6-5-7-9-15/h10-12,14-15,20H,4-9,13H2,1-3H3. The van der Waals surface area contributed by atoms with Crippen molar-refractivity contribution in [1.82, 2.24) is 5.32 Å². The zero-order valence-corrected chi connectivity index (χ0v) is 15.2. The first-order valence-electron chi connectivity index (χ1n) is 8.35. The van der Waals surface area contributed by atoms with Crippen LogP contribution in [0.4, 0.5) is 5.69 Å². The lowest BCUT2D eigenvalue weighted by Gasteiger charge is -2.31. The second-order valence-corrected chi connectivity index (χ2v) is 7.28. The van der Waals surface area contributed by atoms with Gasteiger partial charge in [0.05, 0.1) is 0 Å². The molecular formula is C18H29BrN2. The summed E-state index contributed by atoms with van der Waals surface area (Å²) in [6.45, 7) is 6.61. The molecule has 1 saturated carbocycles. The molecule has 1 aromatic rings. The Labute approximate surface area is 138 Å². The summed E-state index contributed by atoms with van der Waals surface area (Å²) in [7, 11) is 2.25. The third kappa shape index (κ3) is 4.72. The number of halogens is 1. The summed E-state index contributed by atoms with van der Waals surface area (Å²) in [6, 6.07) is 7.07. The lowest BCUT2D eigenvalue weighted by molar-refractivity contribution is 0.362. The summed E-state index contributed by atoms with van der Waals surface area (Å²) in [5.74, 6) is 0.866. The zero-order chi connectivity index (χ0) is 15.2. The molecule has 1 aromatic carbocycles. The van der Waals surface area contributed by atoms with Crippen LogP contribution >= 0.6 is 15.9 Å². The molecule has 0 aromatic heterocycles. The van der Waals surface area contributed by atoms with E-state index in [-0.39, 0.29) is 0 Å². The summed E-state index contributed by atoms with van der Waals surface area (Å²) in [6.07, 6.45) is 7.06. The van der Waals surface area contributed by atoms with E-state index in [0.717, 1.165) is 12.5 Å². The maximum absolute atomic E-state index is 3.63. The second-order valence-electron chi connectivity index (χ2n) is 6.37. The highest BCUT2D eigenvalue weighted by Crippen LogP contribution is 2.31. The fourth-order valence-electron chi connectivity index (χ4n) is 3.49. The fraction of sp³-hybridized carbons (Fsp3) is 0.667. The van der Waals surface area contributed by atoms with Crippen LogP contribution in [0.25, 0.3) is 0 Å². The van der Waals surface area contributed by atoms with Crippen molar-refractivity contribution in [2.45, 2.75) is 52.0 Å². The number of hydrogen-bond donors (Lipinski definition) is 1. The first kappa shape index (κ1) is 16.8. The van der Waals surface area contributed by atoms with Crippen molar-refractivity contribution in [3.63, 3.8) is 0 Å². The molecule has 1 aliphatic rings. The molecule has 0 amide bonds. The minimum atomic E-state index is 0.395. The molecular weight excluding hydrogens is 324 g/mol. The van der Waals surface area contributed by atoms with E-state index in [1.54, 1.807) is 0 Å². The molecule has 1 aliphatic carbocycles. The zero-order valence-electron chi connectivity index (χ0n) is 13.7. The Morgan fingerprint density at radius 2 is 2.00 bits per heavy atom. The lowest BCUT2D eigenvalue weighted by atomic mass is 9.89. The normalized spacial score (nSPS) is 17.7. The molecule has 2 rings (SSSR count). The van der Waals surface area contributed by atoms with Crippen LogP contribution in [-0.2, 0) is 0 Å². The molecule has 0 radical (unpaired) electrons. The fourth-order valence-corrected chi connectivity index (χ4v) is 3.83. The molecule has 1 unspecified atom stereocenters. The summed E-state index contributed by atoms with van der Waals surface area (Å²) < 4.78 is 1.17. The molecule has 118 valence electrons. The topological polar surface area (TPSA) is 15.3 Å². The number of anilines is 1. The van der Waals surface area contributed by atoms with Gasteiger partial charge >= 0.3 is 0 Å². The van der Waals surface area contributed by atoms with E-state index in [4.69, 9.17) is 0 Å². The van der Waals surface area contributed by atoms with E-state index in [9.17, 15) is 0 Å². The number of nitrogens with zero attached hydrogens (tertiary/aromatic N) is 1. The Bertz CT molecular complexity index is 441. The van der Waals surface area contributed by atoms with Gasteiger partial charge in [0.15, 0.2) is 0 Å². The van der Waals surface area contributed by atoms with E-state index >= 15 is 0 Å². The summed E-state index contributed by atoms with van der Waals surface area (Å²) >= 11 is 3.63. The van der Waals surface area contributed by atoms with Gasteiger partial charge in [0, 0.05) is 29.8 Å². The number of hydrogen-bond acceptors (Lipinski definition) is 2. The minimum Gasteiger partial charge on any atom is -0.374 e. The molecule has 1 N–H and O–H groups in total.